The zero-order valence-corrected chi connectivity index (χ0v) is 14.9. The van der Waals surface area contributed by atoms with Crippen LogP contribution in [0.3, 0.4) is 0 Å². The second-order valence-electron chi connectivity index (χ2n) is 5.81. The number of hydrogen-bond acceptors (Lipinski definition) is 5. The predicted molar refractivity (Wildman–Crippen MR) is 105 cm³/mol. The fourth-order valence-corrected chi connectivity index (χ4v) is 2.47. The van der Waals surface area contributed by atoms with Crippen molar-refractivity contribution in [3.8, 4) is 11.5 Å². The highest BCUT2D eigenvalue weighted by molar-refractivity contribution is 5.89. The molecule has 0 heterocycles. The standard InChI is InChI=1S/C21H18N2O5/c24-20(13-28-19-7-3-5-16-4-1-2-6-18(16)19)23-22-12-15-8-10-17(11-9-15)27-14-21(25)26/h1-12H,13-14H2,(H,23,24)(H,25,26)/b22-12-. The van der Waals surface area contributed by atoms with E-state index in [2.05, 4.69) is 10.5 Å². The molecule has 0 saturated carbocycles. The van der Waals surface area contributed by atoms with Gasteiger partial charge < -0.3 is 14.6 Å². The molecule has 2 N–H and O–H groups in total. The first-order valence-electron chi connectivity index (χ1n) is 8.49. The number of carbonyl (C=O) groups is 2. The third-order valence-corrected chi connectivity index (χ3v) is 3.75. The number of ether oxygens (including phenoxy) is 2. The lowest BCUT2D eigenvalue weighted by Gasteiger charge is -2.08. The molecule has 0 aliphatic heterocycles. The summed E-state index contributed by atoms with van der Waals surface area (Å²) in [5.41, 5.74) is 3.12. The van der Waals surface area contributed by atoms with Gasteiger partial charge in [-0.1, -0.05) is 36.4 Å². The fourth-order valence-electron chi connectivity index (χ4n) is 2.47. The lowest BCUT2D eigenvalue weighted by molar-refractivity contribution is -0.139. The molecule has 0 aliphatic carbocycles. The van der Waals surface area contributed by atoms with Crippen LogP contribution in [0.25, 0.3) is 10.8 Å². The van der Waals surface area contributed by atoms with Crippen LogP contribution in [0.4, 0.5) is 0 Å². The minimum atomic E-state index is -1.04. The molecular weight excluding hydrogens is 360 g/mol. The van der Waals surface area contributed by atoms with E-state index < -0.39 is 12.6 Å². The van der Waals surface area contributed by atoms with Crippen LogP contribution in [-0.2, 0) is 9.59 Å². The van der Waals surface area contributed by atoms with Crippen LogP contribution in [0.5, 0.6) is 11.5 Å². The second-order valence-corrected chi connectivity index (χ2v) is 5.81. The Labute approximate surface area is 161 Å². The maximum Gasteiger partial charge on any atom is 0.341 e. The van der Waals surface area contributed by atoms with Gasteiger partial charge in [0.15, 0.2) is 13.2 Å². The molecule has 0 unspecified atom stereocenters. The van der Waals surface area contributed by atoms with E-state index in [9.17, 15) is 9.59 Å². The number of carboxylic acids is 1. The second kappa shape index (κ2) is 9.18. The van der Waals surface area contributed by atoms with E-state index in [1.807, 2.05) is 42.5 Å². The molecule has 0 fully saturated rings. The molecule has 0 bridgehead atoms. The molecule has 3 rings (SSSR count). The lowest BCUT2D eigenvalue weighted by Crippen LogP contribution is -2.24. The molecule has 0 spiro atoms. The molecule has 3 aromatic carbocycles. The Morgan fingerprint density at radius 1 is 0.929 bits per heavy atom. The van der Waals surface area contributed by atoms with Crippen molar-refractivity contribution in [3.63, 3.8) is 0 Å². The Kier molecular flexibility index (Phi) is 6.20. The monoisotopic (exact) mass is 378 g/mol. The number of carboxylic acid groups (broad SMARTS) is 1. The molecule has 1 amide bonds. The van der Waals surface area contributed by atoms with Gasteiger partial charge in [0.25, 0.3) is 5.91 Å². The minimum absolute atomic E-state index is 0.159. The molecule has 7 nitrogen and oxygen atoms in total. The summed E-state index contributed by atoms with van der Waals surface area (Å²) in [7, 11) is 0. The molecular formula is C21H18N2O5. The highest BCUT2D eigenvalue weighted by Crippen LogP contribution is 2.24. The summed E-state index contributed by atoms with van der Waals surface area (Å²) >= 11 is 0. The van der Waals surface area contributed by atoms with E-state index >= 15 is 0 Å². The Morgan fingerprint density at radius 2 is 1.68 bits per heavy atom. The summed E-state index contributed by atoms with van der Waals surface area (Å²) in [5, 5.41) is 14.4. The van der Waals surface area contributed by atoms with Crippen LogP contribution in [0.1, 0.15) is 5.56 Å². The normalized spacial score (nSPS) is 10.7. The van der Waals surface area contributed by atoms with Crippen molar-refractivity contribution in [1.82, 2.24) is 5.43 Å². The number of nitrogens with one attached hydrogen (secondary N) is 1. The zero-order valence-electron chi connectivity index (χ0n) is 14.9. The molecule has 7 heteroatoms. The van der Waals surface area contributed by atoms with Crippen LogP contribution >= 0.6 is 0 Å². The Bertz CT molecular complexity index is 994. The van der Waals surface area contributed by atoms with E-state index in [0.29, 0.717) is 11.5 Å². The minimum Gasteiger partial charge on any atom is -0.483 e. The third-order valence-electron chi connectivity index (χ3n) is 3.75. The summed E-state index contributed by atoms with van der Waals surface area (Å²) in [6.45, 7) is -0.562. The van der Waals surface area contributed by atoms with Crippen molar-refractivity contribution in [2.45, 2.75) is 0 Å². The van der Waals surface area contributed by atoms with Crippen molar-refractivity contribution in [1.29, 1.82) is 0 Å². The molecule has 28 heavy (non-hydrogen) atoms. The van der Waals surface area contributed by atoms with Gasteiger partial charge in [-0.15, -0.1) is 0 Å². The Morgan fingerprint density at radius 3 is 2.46 bits per heavy atom. The first-order valence-corrected chi connectivity index (χ1v) is 8.49. The number of benzene rings is 3. The molecule has 142 valence electrons. The quantitative estimate of drug-likeness (QED) is 0.464. The fraction of sp³-hybridized carbons (Fsp3) is 0.0952. The number of amides is 1. The van der Waals surface area contributed by atoms with E-state index in [4.69, 9.17) is 14.6 Å². The van der Waals surface area contributed by atoms with Crippen LogP contribution < -0.4 is 14.9 Å². The SMILES string of the molecule is O=C(O)COc1ccc(/C=N\NC(=O)COc2cccc3ccccc23)cc1. The largest absolute Gasteiger partial charge is 0.483 e. The van der Waals surface area contributed by atoms with Gasteiger partial charge in [0.1, 0.15) is 11.5 Å². The average Bonchev–Trinajstić information content (AvgIpc) is 2.71. The summed E-state index contributed by atoms with van der Waals surface area (Å²) in [4.78, 5) is 22.4. The van der Waals surface area contributed by atoms with Crippen molar-refractivity contribution < 1.29 is 24.2 Å². The van der Waals surface area contributed by atoms with E-state index in [-0.39, 0.29) is 12.5 Å². The van der Waals surface area contributed by atoms with Gasteiger partial charge in [0.05, 0.1) is 6.21 Å². The van der Waals surface area contributed by atoms with Crippen molar-refractivity contribution in [2.24, 2.45) is 5.10 Å². The van der Waals surface area contributed by atoms with Gasteiger partial charge in [-0.25, -0.2) is 10.2 Å². The third kappa shape index (κ3) is 5.31. The highest BCUT2D eigenvalue weighted by Gasteiger charge is 2.05. The molecule has 0 saturated heterocycles. The summed E-state index contributed by atoms with van der Waals surface area (Å²) in [5.74, 6) is -0.356. The number of hydrogen-bond donors (Lipinski definition) is 2. The molecule has 3 aromatic rings. The highest BCUT2D eigenvalue weighted by atomic mass is 16.5. The number of fused-ring (bicyclic) bond motifs is 1. The zero-order chi connectivity index (χ0) is 19.8. The molecule has 0 aromatic heterocycles. The summed E-state index contributed by atoms with van der Waals surface area (Å²) in [6, 6.07) is 20.1. The Hall–Kier alpha value is -3.87. The number of aliphatic carboxylic acids is 1. The smallest absolute Gasteiger partial charge is 0.341 e. The first-order chi connectivity index (χ1) is 13.6. The van der Waals surface area contributed by atoms with E-state index in [0.717, 1.165) is 16.3 Å². The molecule has 0 atom stereocenters. The predicted octanol–water partition coefficient (Wildman–Crippen LogP) is 2.83. The van der Waals surface area contributed by atoms with Crippen LogP contribution in [-0.4, -0.2) is 36.4 Å². The number of rotatable bonds is 8. The van der Waals surface area contributed by atoms with Gasteiger partial charge in [-0.05, 0) is 41.3 Å². The van der Waals surface area contributed by atoms with Crippen molar-refractivity contribution >= 4 is 28.9 Å². The van der Waals surface area contributed by atoms with Gasteiger partial charge in [-0.2, -0.15) is 5.10 Å². The van der Waals surface area contributed by atoms with Gasteiger partial charge in [-0.3, -0.25) is 4.79 Å². The van der Waals surface area contributed by atoms with Gasteiger partial charge >= 0.3 is 5.97 Å². The number of hydrazone groups is 1. The van der Waals surface area contributed by atoms with E-state index in [1.54, 1.807) is 24.3 Å². The molecule has 0 radical (unpaired) electrons. The van der Waals surface area contributed by atoms with Crippen LogP contribution in [0, 0.1) is 0 Å². The average molecular weight is 378 g/mol. The van der Waals surface area contributed by atoms with Gasteiger partial charge in [0.2, 0.25) is 0 Å². The lowest BCUT2D eigenvalue weighted by atomic mass is 10.1. The summed E-state index contributed by atoms with van der Waals surface area (Å²) in [6.07, 6.45) is 1.47. The van der Waals surface area contributed by atoms with Gasteiger partial charge in [0, 0.05) is 5.39 Å². The topological polar surface area (TPSA) is 97.2 Å². The first kappa shape index (κ1) is 18.9. The number of nitrogens with zero attached hydrogens (tertiary/aromatic N) is 1. The number of carbonyl (C=O) groups excluding carboxylic acids is 1. The molecule has 0 aliphatic rings. The van der Waals surface area contributed by atoms with Crippen molar-refractivity contribution in [2.75, 3.05) is 13.2 Å². The summed E-state index contributed by atoms with van der Waals surface area (Å²) < 4.78 is 10.6. The Balaban J connectivity index is 1.49. The van der Waals surface area contributed by atoms with E-state index in [1.165, 1.54) is 6.21 Å². The maximum atomic E-state index is 11.9. The van der Waals surface area contributed by atoms with Crippen LogP contribution in [0.15, 0.2) is 71.8 Å². The van der Waals surface area contributed by atoms with Crippen molar-refractivity contribution in [3.05, 3.63) is 72.3 Å². The van der Waals surface area contributed by atoms with Crippen LogP contribution in [0.2, 0.25) is 0 Å². The maximum absolute atomic E-state index is 11.9.